The quantitative estimate of drug-likeness (QED) is 0.815. The van der Waals surface area contributed by atoms with Crippen LogP contribution in [0.15, 0.2) is 24.3 Å². The molecule has 1 saturated carbocycles. The van der Waals surface area contributed by atoms with Gasteiger partial charge in [-0.05, 0) is 37.5 Å². The van der Waals surface area contributed by atoms with Crippen LogP contribution in [0.1, 0.15) is 31.2 Å². The van der Waals surface area contributed by atoms with Gasteiger partial charge < -0.3 is 4.74 Å². The van der Waals surface area contributed by atoms with E-state index in [1.54, 1.807) is 0 Å². The molecule has 0 aromatic heterocycles. The first-order valence-corrected chi connectivity index (χ1v) is 6.38. The first kappa shape index (κ1) is 12.9. The maximum Gasteiger partial charge on any atom is 0.281 e. The molecule has 0 bridgehead atoms. The maximum absolute atomic E-state index is 11.5. The van der Waals surface area contributed by atoms with Gasteiger partial charge in [0, 0.05) is 0 Å². The lowest BCUT2D eigenvalue weighted by atomic mass is 10.2. The van der Waals surface area contributed by atoms with Crippen LogP contribution < -0.4 is 10.2 Å². The van der Waals surface area contributed by atoms with Crippen LogP contribution in [-0.2, 0) is 9.63 Å². The summed E-state index contributed by atoms with van der Waals surface area (Å²) in [6, 6.07) is 7.61. The van der Waals surface area contributed by atoms with Gasteiger partial charge in [0.15, 0.2) is 6.61 Å². The third-order valence-corrected chi connectivity index (χ3v) is 3.00. The molecular formula is C14H19NO3. The van der Waals surface area contributed by atoms with Gasteiger partial charge >= 0.3 is 0 Å². The Hall–Kier alpha value is -1.55. The van der Waals surface area contributed by atoms with Crippen molar-refractivity contribution in [2.45, 2.75) is 38.7 Å². The van der Waals surface area contributed by atoms with E-state index in [9.17, 15) is 4.79 Å². The normalized spacial score (nSPS) is 15.6. The highest BCUT2D eigenvalue weighted by Crippen LogP contribution is 2.19. The van der Waals surface area contributed by atoms with Crippen LogP contribution in [0.2, 0.25) is 0 Å². The SMILES string of the molecule is Cc1cccc(OCC(=O)NOC2CCCC2)c1. The zero-order chi connectivity index (χ0) is 12.8. The molecule has 0 atom stereocenters. The minimum atomic E-state index is -0.247. The summed E-state index contributed by atoms with van der Waals surface area (Å²) in [5, 5.41) is 0. The van der Waals surface area contributed by atoms with Gasteiger partial charge in [-0.15, -0.1) is 0 Å². The van der Waals surface area contributed by atoms with E-state index in [-0.39, 0.29) is 18.6 Å². The van der Waals surface area contributed by atoms with Crippen LogP contribution in [0.5, 0.6) is 5.75 Å². The van der Waals surface area contributed by atoms with Gasteiger partial charge in [0.25, 0.3) is 5.91 Å². The topological polar surface area (TPSA) is 47.6 Å². The fourth-order valence-corrected chi connectivity index (χ4v) is 2.04. The number of amides is 1. The Bertz CT molecular complexity index is 400. The smallest absolute Gasteiger partial charge is 0.281 e. The molecular weight excluding hydrogens is 230 g/mol. The van der Waals surface area contributed by atoms with Crippen molar-refractivity contribution in [3.8, 4) is 5.75 Å². The third-order valence-electron chi connectivity index (χ3n) is 3.00. The molecule has 1 aliphatic rings. The van der Waals surface area contributed by atoms with Crippen LogP contribution in [0, 0.1) is 6.92 Å². The van der Waals surface area contributed by atoms with E-state index in [0.717, 1.165) is 18.4 Å². The van der Waals surface area contributed by atoms with Crippen molar-refractivity contribution in [2.24, 2.45) is 0 Å². The number of rotatable bonds is 5. The molecule has 0 aliphatic heterocycles. The van der Waals surface area contributed by atoms with E-state index >= 15 is 0 Å². The molecule has 0 spiro atoms. The van der Waals surface area contributed by atoms with Crippen molar-refractivity contribution in [3.63, 3.8) is 0 Å². The Morgan fingerprint density at radius 3 is 2.89 bits per heavy atom. The number of benzene rings is 1. The Kier molecular flexibility index (Phi) is 4.59. The maximum atomic E-state index is 11.5. The van der Waals surface area contributed by atoms with Crippen molar-refractivity contribution in [3.05, 3.63) is 29.8 Å². The molecule has 1 aromatic carbocycles. The van der Waals surface area contributed by atoms with Gasteiger partial charge in [0.1, 0.15) is 5.75 Å². The van der Waals surface area contributed by atoms with Gasteiger partial charge in [-0.25, -0.2) is 5.48 Å². The van der Waals surface area contributed by atoms with Gasteiger partial charge in [-0.2, -0.15) is 0 Å². The number of carbonyl (C=O) groups is 1. The second-order valence-corrected chi connectivity index (χ2v) is 4.65. The summed E-state index contributed by atoms with van der Waals surface area (Å²) in [4.78, 5) is 16.8. The van der Waals surface area contributed by atoms with Crippen molar-refractivity contribution in [2.75, 3.05) is 6.61 Å². The average Bonchev–Trinajstić information content (AvgIpc) is 2.87. The van der Waals surface area contributed by atoms with E-state index in [0.29, 0.717) is 5.75 Å². The zero-order valence-electron chi connectivity index (χ0n) is 10.6. The van der Waals surface area contributed by atoms with Gasteiger partial charge in [-0.1, -0.05) is 25.0 Å². The third kappa shape index (κ3) is 4.04. The Morgan fingerprint density at radius 2 is 2.17 bits per heavy atom. The second-order valence-electron chi connectivity index (χ2n) is 4.65. The number of hydrogen-bond acceptors (Lipinski definition) is 3. The van der Waals surface area contributed by atoms with Gasteiger partial charge in [0.05, 0.1) is 6.10 Å². The lowest BCUT2D eigenvalue weighted by Gasteiger charge is -2.12. The predicted octanol–water partition coefficient (Wildman–Crippen LogP) is 2.36. The highest BCUT2D eigenvalue weighted by Gasteiger charge is 2.16. The summed E-state index contributed by atoms with van der Waals surface area (Å²) in [6.07, 6.45) is 4.59. The van der Waals surface area contributed by atoms with Gasteiger partial charge in [-0.3, -0.25) is 9.63 Å². The summed E-state index contributed by atoms with van der Waals surface area (Å²) in [6.45, 7) is 1.96. The van der Waals surface area contributed by atoms with Crippen LogP contribution >= 0.6 is 0 Å². The molecule has 4 nitrogen and oxygen atoms in total. The van der Waals surface area contributed by atoms with Crippen LogP contribution in [-0.4, -0.2) is 18.6 Å². The summed E-state index contributed by atoms with van der Waals surface area (Å²) in [5.41, 5.74) is 3.55. The molecule has 0 radical (unpaired) electrons. The lowest BCUT2D eigenvalue weighted by molar-refractivity contribution is -0.140. The van der Waals surface area contributed by atoms with Crippen molar-refractivity contribution >= 4 is 5.91 Å². The summed E-state index contributed by atoms with van der Waals surface area (Å²) >= 11 is 0. The highest BCUT2D eigenvalue weighted by atomic mass is 16.7. The summed E-state index contributed by atoms with van der Waals surface area (Å²) < 4.78 is 5.37. The molecule has 1 N–H and O–H groups in total. The standard InChI is InChI=1S/C14H19NO3/c1-11-5-4-8-13(9-11)17-10-14(16)15-18-12-6-2-3-7-12/h4-5,8-9,12H,2-3,6-7,10H2,1H3,(H,15,16). The fraction of sp³-hybridized carbons (Fsp3) is 0.500. The lowest BCUT2D eigenvalue weighted by Crippen LogP contribution is -2.32. The minimum absolute atomic E-state index is 0.0177. The molecule has 2 rings (SSSR count). The van der Waals surface area contributed by atoms with E-state index in [4.69, 9.17) is 9.57 Å². The van der Waals surface area contributed by atoms with Crippen LogP contribution in [0.3, 0.4) is 0 Å². The minimum Gasteiger partial charge on any atom is -0.484 e. The summed E-state index contributed by atoms with van der Waals surface area (Å²) in [7, 11) is 0. The van der Waals surface area contributed by atoms with Crippen molar-refractivity contribution < 1.29 is 14.4 Å². The molecule has 98 valence electrons. The molecule has 18 heavy (non-hydrogen) atoms. The van der Waals surface area contributed by atoms with E-state index in [1.807, 2.05) is 31.2 Å². The number of carbonyl (C=O) groups excluding carboxylic acids is 1. The summed E-state index contributed by atoms with van der Waals surface area (Å²) in [5.74, 6) is 0.453. The molecule has 0 saturated heterocycles. The molecule has 1 amide bonds. The van der Waals surface area contributed by atoms with Crippen molar-refractivity contribution in [1.29, 1.82) is 0 Å². The van der Waals surface area contributed by atoms with Crippen LogP contribution in [0.25, 0.3) is 0 Å². The molecule has 1 aromatic rings. The second kappa shape index (κ2) is 6.40. The fourth-order valence-electron chi connectivity index (χ4n) is 2.04. The van der Waals surface area contributed by atoms with Crippen LogP contribution in [0.4, 0.5) is 0 Å². The van der Waals surface area contributed by atoms with Gasteiger partial charge in [0.2, 0.25) is 0 Å². The Morgan fingerprint density at radius 1 is 1.39 bits per heavy atom. The predicted molar refractivity (Wildman–Crippen MR) is 68.2 cm³/mol. The Balaban J connectivity index is 1.68. The van der Waals surface area contributed by atoms with Crippen molar-refractivity contribution in [1.82, 2.24) is 5.48 Å². The largest absolute Gasteiger partial charge is 0.484 e. The van der Waals surface area contributed by atoms with E-state index in [1.165, 1.54) is 12.8 Å². The Labute approximate surface area is 107 Å². The molecule has 4 heteroatoms. The number of hydroxylamine groups is 1. The van der Waals surface area contributed by atoms with E-state index < -0.39 is 0 Å². The number of aryl methyl sites for hydroxylation is 1. The molecule has 0 heterocycles. The first-order chi connectivity index (χ1) is 8.74. The monoisotopic (exact) mass is 249 g/mol. The van der Waals surface area contributed by atoms with E-state index in [2.05, 4.69) is 5.48 Å². The highest BCUT2D eigenvalue weighted by molar-refractivity contribution is 5.76. The number of nitrogens with one attached hydrogen (secondary N) is 1. The molecule has 1 aliphatic carbocycles. The average molecular weight is 249 g/mol. The number of ether oxygens (including phenoxy) is 1. The number of hydrogen-bond donors (Lipinski definition) is 1. The molecule has 0 unspecified atom stereocenters. The zero-order valence-corrected chi connectivity index (χ0v) is 10.6. The molecule has 1 fully saturated rings. The first-order valence-electron chi connectivity index (χ1n) is 6.38.